The predicted molar refractivity (Wildman–Crippen MR) is 121 cm³/mol. The highest BCUT2D eigenvalue weighted by atomic mass is 35.5. The summed E-state index contributed by atoms with van der Waals surface area (Å²) < 4.78 is 5.53. The molecule has 0 aliphatic heterocycles. The number of amides is 3. The number of anilines is 2. The molecule has 0 saturated heterocycles. The summed E-state index contributed by atoms with van der Waals surface area (Å²) >= 11 is 6.26. The maximum atomic E-state index is 12.5. The number of benzene rings is 2. The number of nitrogens with zero attached hydrogens (tertiary/aromatic N) is 1. The van der Waals surface area contributed by atoms with Crippen molar-refractivity contribution in [2.24, 2.45) is 5.92 Å². The van der Waals surface area contributed by atoms with Gasteiger partial charge in [-0.2, -0.15) is 0 Å². The third-order valence-corrected chi connectivity index (χ3v) is 5.27. The monoisotopic (exact) mass is 443 g/mol. The van der Waals surface area contributed by atoms with E-state index in [2.05, 4.69) is 10.6 Å². The summed E-state index contributed by atoms with van der Waals surface area (Å²) in [5, 5.41) is 5.82. The molecular formula is C23H26ClN3O4. The fourth-order valence-electron chi connectivity index (χ4n) is 3.05. The summed E-state index contributed by atoms with van der Waals surface area (Å²) in [4.78, 5) is 38.3. The lowest BCUT2D eigenvalue weighted by molar-refractivity contribution is -0.118. The van der Waals surface area contributed by atoms with Crippen molar-refractivity contribution < 1.29 is 19.1 Å². The van der Waals surface area contributed by atoms with E-state index in [1.165, 1.54) is 0 Å². The normalized spacial score (nSPS) is 12.7. The second kappa shape index (κ2) is 10.3. The molecule has 1 aliphatic rings. The van der Waals surface area contributed by atoms with Gasteiger partial charge in [0.2, 0.25) is 5.91 Å². The van der Waals surface area contributed by atoms with Crippen LogP contribution in [-0.4, -0.2) is 42.3 Å². The van der Waals surface area contributed by atoms with Gasteiger partial charge in [-0.05, 0) is 57.0 Å². The molecule has 1 saturated carbocycles. The first-order valence-corrected chi connectivity index (χ1v) is 10.7. The minimum absolute atomic E-state index is 0.00898. The molecule has 0 aromatic heterocycles. The zero-order valence-corrected chi connectivity index (χ0v) is 18.4. The molecule has 8 heteroatoms. The highest BCUT2D eigenvalue weighted by molar-refractivity contribution is 6.34. The van der Waals surface area contributed by atoms with E-state index in [1.807, 2.05) is 13.8 Å². The van der Waals surface area contributed by atoms with Crippen molar-refractivity contribution in [2.75, 3.05) is 30.3 Å². The number of ether oxygens (including phenoxy) is 1. The van der Waals surface area contributed by atoms with Crippen molar-refractivity contribution >= 4 is 40.7 Å². The van der Waals surface area contributed by atoms with Crippen molar-refractivity contribution in [3.05, 3.63) is 53.1 Å². The maximum absolute atomic E-state index is 12.5. The maximum Gasteiger partial charge on any atom is 0.262 e. The average molecular weight is 444 g/mol. The van der Waals surface area contributed by atoms with E-state index >= 15 is 0 Å². The van der Waals surface area contributed by atoms with E-state index in [9.17, 15) is 14.4 Å². The van der Waals surface area contributed by atoms with Crippen molar-refractivity contribution in [1.82, 2.24) is 4.90 Å². The number of carbonyl (C=O) groups excluding carboxylic acids is 3. The van der Waals surface area contributed by atoms with Crippen LogP contribution in [0.2, 0.25) is 5.02 Å². The Labute approximate surface area is 186 Å². The number of carbonyl (C=O) groups is 3. The Balaban J connectivity index is 1.54. The van der Waals surface area contributed by atoms with Gasteiger partial charge in [-0.3, -0.25) is 14.4 Å². The smallest absolute Gasteiger partial charge is 0.262 e. The molecule has 2 N–H and O–H groups in total. The van der Waals surface area contributed by atoms with Gasteiger partial charge < -0.3 is 20.3 Å². The Morgan fingerprint density at radius 2 is 1.74 bits per heavy atom. The molecule has 1 aliphatic carbocycles. The number of hydrogen-bond acceptors (Lipinski definition) is 4. The number of halogens is 1. The van der Waals surface area contributed by atoms with Gasteiger partial charge in [-0.1, -0.05) is 17.7 Å². The van der Waals surface area contributed by atoms with Gasteiger partial charge in [-0.15, -0.1) is 0 Å². The molecule has 3 rings (SSSR count). The van der Waals surface area contributed by atoms with Gasteiger partial charge in [0.05, 0.1) is 10.6 Å². The first kappa shape index (κ1) is 22.6. The summed E-state index contributed by atoms with van der Waals surface area (Å²) in [5.74, 6) is 0.0729. The van der Waals surface area contributed by atoms with Crippen LogP contribution < -0.4 is 15.4 Å². The molecule has 7 nitrogen and oxygen atoms in total. The molecular weight excluding hydrogens is 418 g/mol. The van der Waals surface area contributed by atoms with Gasteiger partial charge >= 0.3 is 0 Å². The molecule has 0 radical (unpaired) electrons. The van der Waals surface area contributed by atoms with Crippen molar-refractivity contribution in [2.45, 2.75) is 26.7 Å². The van der Waals surface area contributed by atoms with Crippen LogP contribution >= 0.6 is 11.6 Å². The van der Waals surface area contributed by atoms with Gasteiger partial charge in [0.25, 0.3) is 11.8 Å². The van der Waals surface area contributed by atoms with E-state index in [1.54, 1.807) is 47.4 Å². The highest BCUT2D eigenvalue weighted by Gasteiger charge is 2.29. The average Bonchev–Trinajstić information content (AvgIpc) is 3.59. The van der Waals surface area contributed by atoms with Crippen LogP contribution in [0, 0.1) is 5.92 Å². The van der Waals surface area contributed by atoms with Gasteiger partial charge in [0.15, 0.2) is 6.61 Å². The number of rotatable bonds is 9. The van der Waals surface area contributed by atoms with E-state index < -0.39 is 0 Å². The van der Waals surface area contributed by atoms with Gasteiger partial charge in [0.1, 0.15) is 5.75 Å². The standard InChI is InChI=1S/C23H26ClN3O4/c1-3-27(4-2)23(30)19-11-10-17(13-20(19)24)25-21(28)14-31-18-7-5-6-16(12-18)26-22(29)15-8-9-15/h5-7,10-13,15H,3-4,8-9,14H2,1-2H3,(H,25,28)(H,26,29). The Kier molecular flexibility index (Phi) is 7.52. The lowest BCUT2D eigenvalue weighted by atomic mass is 10.1. The Morgan fingerprint density at radius 3 is 2.39 bits per heavy atom. The summed E-state index contributed by atoms with van der Waals surface area (Å²) in [6.45, 7) is 4.78. The van der Waals surface area contributed by atoms with Crippen LogP contribution in [0.5, 0.6) is 5.75 Å². The van der Waals surface area contributed by atoms with E-state index in [0.717, 1.165) is 12.8 Å². The lowest BCUT2D eigenvalue weighted by Crippen LogP contribution is -2.30. The van der Waals surface area contributed by atoms with Crippen molar-refractivity contribution in [1.29, 1.82) is 0 Å². The summed E-state index contributed by atoms with van der Waals surface area (Å²) in [6, 6.07) is 11.7. The Morgan fingerprint density at radius 1 is 1.03 bits per heavy atom. The van der Waals surface area contributed by atoms with Crippen molar-refractivity contribution in [3.8, 4) is 5.75 Å². The van der Waals surface area contributed by atoms with Gasteiger partial charge in [-0.25, -0.2) is 0 Å². The Bertz CT molecular complexity index is 971. The molecule has 1 fully saturated rings. The van der Waals surface area contributed by atoms with Crippen LogP contribution in [0.4, 0.5) is 11.4 Å². The molecule has 2 aromatic carbocycles. The summed E-state index contributed by atoms with van der Waals surface area (Å²) in [6.07, 6.45) is 1.85. The third-order valence-electron chi connectivity index (χ3n) is 4.95. The second-order valence-corrected chi connectivity index (χ2v) is 7.71. The highest BCUT2D eigenvalue weighted by Crippen LogP contribution is 2.30. The fourth-order valence-corrected chi connectivity index (χ4v) is 3.31. The van der Waals surface area contributed by atoms with E-state index in [0.29, 0.717) is 35.8 Å². The second-order valence-electron chi connectivity index (χ2n) is 7.30. The first-order chi connectivity index (χ1) is 14.9. The lowest BCUT2D eigenvalue weighted by Gasteiger charge is -2.19. The number of nitrogens with one attached hydrogen (secondary N) is 2. The Hall–Kier alpha value is -3.06. The van der Waals surface area contributed by atoms with E-state index in [-0.39, 0.29) is 35.3 Å². The van der Waals surface area contributed by atoms with Crippen LogP contribution in [0.3, 0.4) is 0 Å². The zero-order chi connectivity index (χ0) is 22.4. The summed E-state index contributed by atoms with van der Waals surface area (Å²) in [5.41, 5.74) is 1.50. The molecule has 0 atom stereocenters. The predicted octanol–water partition coefficient (Wildman–Crippen LogP) is 4.19. The number of hydrogen-bond donors (Lipinski definition) is 2. The molecule has 0 heterocycles. The first-order valence-electron chi connectivity index (χ1n) is 10.3. The molecule has 2 aromatic rings. The molecule has 3 amide bonds. The largest absolute Gasteiger partial charge is 0.484 e. The zero-order valence-electron chi connectivity index (χ0n) is 17.6. The van der Waals surface area contributed by atoms with Crippen molar-refractivity contribution in [3.63, 3.8) is 0 Å². The SMILES string of the molecule is CCN(CC)C(=O)c1ccc(NC(=O)COc2cccc(NC(=O)C3CC3)c2)cc1Cl. The minimum atomic E-state index is -0.369. The third kappa shape index (κ3) is 6.21. The van der Waals surface area contributed by atoms with Crippen LogP contribution in [0.15, 0.2) is 42.5 Å². The quantitative estimate of drug-likeness (QED) is 0.608. The minimum Gasteiger partial charge on any atom is -0.484 e. The molecule has 0 spiro atoms. The molecule has 0 bridgehead atoms. The van der Waals surface area contributed by atoms with E-state index in [4.69, 9.17) is 16.3 Å². The van der Waals surface area contributed by atoms with Gasteiger partial charge in [0, 0.05) is 36.4 Å². The van der Waals surface area contributed by atoms with Crippen LogP contribution in [0.1, 0.15) is 37.0 Å². The molecule has 0 unspecified atom stereocenters. The topological polar surface area (TPSA) is 87.7 Å². The summed E-state index contributed by atoms with van der Waals surface area (Å²) in [7, 11) is 0. The van der Waals surface area contributed by atoms with Crippen LogP contribution in [0.25, 0.3) is 0 Å². The molecule has 31 heavy (non-hydrogen) atoms. The van der Waals surface area contributed by atoms with Crippen LogP contribution in [-0.2, 0) is 9.59 Å². The fraction of sp³-hybridized carbons (Fsp3) is 0.348. The molecule has 164 valence electrons.